The number of nitrogens with one attached hydrogen (secondary N) is 2. The number of hydrogen-bond acceptors (Lipinski definition) is 5. The zero-order valence-electron chi connectivity index (χ0n) is 16.5. The second kappa shape index (κ2) is 10.0. The van der Waals surface area contributed by atoms with Gasteiger partial charge in [-0.2, -0.15) is 5.10 Å². The third-order valence-electron chi connectivity index (χ3n) is 4.07. The van der Waals surface area contributed by atoms with Gasteiger partial charge in [0.05, 0.1) is 5.69 Å². The van der Waals surface area contributed by atoms with Crippen molar-refractivity contribution >= 4 is 17.7 Å². The molecule has 1 heterocycles. The fourth-order valence-corrected chi connectivity index (χ4v) is 2.66. The van der Waals surface area contributed by atoms with Crippen molar-refractivity contribution in [2.75, 3.05) is 11.9 Å². The number of amides is 2. The summed E-state index contributed by atoms with van der Waals surface area (Å²) >= 11 is 0. The third-order valence-corrected chi connectivity index (χ3v) is 4.07. The number of rotatable bonds is 7. The fraction of sp³-hybridized carbons (Fsp3) is 0.182. The third kappa shape index (κ3) is 5.78. The molecule has 0 fully saturated rings. The molecule has 2 aromatic carbocycles. The Kier molecular flexibility index (Phi) is 6.94. The lowest BCUT2D eigenvalue weighted by molar-refractivity contribution is -0.135. The summed E-state index contributed by atoms with van der Waals surface area (Å²) in [7, 11) is 0. The summed E-state index contributed by atoms with van der Waals surface area (Å²) in [6.45, 7) is 2.18. The monoisotopic (exact) mass is 406 g/mol. The Morgan fingerprint density at radius 3 is 2.60 bits per heavy atom. The summed E-state index contributed by atoms with van der Waals surface area (Å²) < 4.78 is 6.37. The highest BCUT2D eigenvalue weighted by atomic mass is 16.5. The van der Waals surface area contributed by atoms with Gasteiger partial charge < -0.3 is 15.4 Å². The highest BCUT2D eigenvalue weighted by Crippen LogP contribution is 2.18. The van der Waals surface area contributed by atoms with Crippen LogP contribution in [0.2, 0.25) is 0 Å². The zero-order chi connectivity index (χ0) is 21.3. The fourth-order valence-electron chi connectivity index (χ4n) is 2.66. The molecule has 1 aromatic heterocycles. The Morgan fingerprint density at radius 2 is 1.83 bits per heavy atom. The summed E-state index contributed by atoms with van der Waals surface area (Å²) in [5.74, 6) is -0.400. The summed E-state index contributed by atoms with van der Waals surface area (Å²) in [5, 5.41) is 9.61. The van der Waals surface area contributed by atoms with Gasteiger partial charge in [0.15, 0.2) is 0 Å². The summed E-state index contributed by atoms with van der Waals surface area (Å²) in [6, 6.07) is 18.4. The number of ether oxygens (including phenoxy) is 1. The van der Waals surface area contributed by atoms with E-state index >= 15 is 0 Å². The van der Waals surface area contributed by atoms with E-state index in [4.69, 9.17) is 4.74 Å². The Morgan fingerprint density at radius 1 is 1.03 bits per heavy atom. The number of esters is 1. The molecule has 0 bridgehead atoms. The lowest BCUT2D eigenvalue weighted by Crippen LogP contribution is -2.29. The van der Waals surface area contributed by atoms with Gasteiger partial charge in [-0.15, -0.1) is 0 Å². The number of urea groups is 1. The topological polar surface area (TPSA) is 102 Å². The number of hydrogen-bond donors (Lipinski definition) is 2. The van der Waals surface area contributed by atoms with Crippen LogP contribution in [-0.2, 0) is 11.3 Å². The van der Waals surface area contributed by atoms with E-state index in [0.29, 0.717) is 17.9 Å². The molecule has 0 radical (unpaired) electrons. The normalized spacial score (nSPS) is 10.3. The SMILES string of the molecule is CCCNC(=O)Nc1cccc(OC(=O)Cn2nc(-c3ccccc3)ccc2=O)c1. The first kappa shape index (κ1) is 20.8. The zero-order valence-corrected chi connectivity index (χ0v) is 16.5. The maximum absolute atomic E-state index is 12.3. The van der Waals surface area contributed by atoms with Crippen LogP contribution in [0.25, 0.3) is 11.3 Å². The highest BCUT2D eigenvalue weighted by molar-refractivity contribution is 5.89. The van der Waals surface area contributed by atoms with E-state index in [1.165, 1.54) is 12.1 Å². The van der Waals surface area contributed by atoms with Crippen LogP contribution in [0.15, 0.2) is 71.5 Å². The Labute approximate surface area is 173 Å². The smallest absolute Gasteiger partial charge is 0.333 e. The van der Waals surface area contributed by atoms with E-state index in [1.807, 2.05) is 37.3 Å². The lowest BCUT2D eigenvalue weighted by atomic mass is 10.1. The number of nitrogens with zero attached hydrogens (tertiary/aromatic N) is 2. The summed E-state index contributed by atoms with van der Waals surface area (Å²) in [4.78, 5) is 36.2. The molecule has 0 atom stereocenters. The van der Waals surface area contributed by atoms with Gasteiger partial charge in [-0.1, -0.05) is 43.3 Å². The molecule has 0 unspecified atom stereocenters. The minimum atomic E-state index is -0.651. The second-order valence-corrected chi connectivity index (χ2v) is 6.46. The molecule has 2 amide bonds. The summed E-state index contributed by atoms with van der Waals surface area (Å²) in [6.07, 6.45) is 0.823. The molecule has 3 aromatic rings. The van der Waals surface area contributed by atoms with E-state index in [0.717, 1.165) is 16.7 Å². The van der Waals surface area contributed by atoms with Crippen LogP contribution in [0.5, 0.6) is 5.75 Å². The van der Waals surface area contributed by atoms with Crippen molar-refractivity contribution < 1.29 is 14.3 Å². The number of carbonyl (C=O) groups is 2. The molecule has 0 saturated carbocycles. The van der Waals surface area contributed by atoms with Crippen molar-refractivity contribution in [3.8, 4) is 17.0 Å². The molecule has 8 nitrogen and oxygen atoms in total. The number of carbonyl (C=O) groups excluding carboxylic acids is 2. The average molecular weight is 406 g/mol. The van der Waals surface area contributed by atoms with Gasteiger partial charge >= 0.3 is 12.0 Å². The van der Waals surface area contributed by atoms with Crippen LogP contribution in [0.4, 0.5) is 10.5 Å². The van der Waals surface area contributed by atoms with Gasteiger partial charge in [0, 0.05) is 29.9 Å². The van der Waals surface area contributed by atoms with Gasteiger partial charge in [0.25, 0.3) is 5.56 Å². The number of benzene rings is 2. The van der Waals surface area contributed by atoms with Crippen LogP contribution in [0.1, 0.15) is 13.3 Å². The first-order chi connectivity index (χ1) is 14.5. The lowest BCUT2D eigenvalue weighted by Gasteiger charge is -2.10. The van der Waals surface area contributed by atoms with Crippen molar-refractivity contribution in [2.24, 2.45) is 0 Å². The van der Waals surface area contributed by atoms with Gasteiger partial charge in [-0.25, -0.2) is 14.3 Å². The van der Waals surface area contributed by atoms with Crippen LogP contribution < -0.4 is 20.9 Å². The molecule has 0 spiro atoms. The van der Waals surface area contributed by atoms with Crippen molar-refractivity contribution in [2.45, 2.75) is 19.9 Å². The van der Waals surface area contributed by atoms with Crippen molar-refractivity contribution in [1.82, 2.24) is 15.1 Å². The van der Waals surface area contributed by atoms with Crippen LogP contribution >= 0.6 is 0 Å². The quantitative estimate of drug-likeness (QED) is 0.464. The Bertz CT molecular complexity index is 1080. The first-order valence-corrected chi connectivity index (χ1v) is 9.54. The molecular formula is C22H22N4O4. The van der Waals surface area contributed by atoms with E-state index in [9.17, 15) is 14.4 Å². The van der Waals surface area contributed by atoms with Gasteiger partial charge in [0.2, 0.25) is 0 Å². The molecule has 154 valence electrons. The molecule has 0 aliphatic rings. The molecule has 0 saturated heterocycles. The second-order valence-electron chi connectivity index (χ2n) is 6.46. The molecule has 8 heteroatoms. The molecule has 0 aliphatic heterocycles. The molecule has 0 aliphatic carbocycles. The Balaban J connectivity index is 1.67. The summed E-state index contributed by atoms with van der Waals surface area (Å²) in [5.41, 5.74) is 1.48. The van der Waals surface area contributed by atoms with Crippen molar-refractivity contribution in [3.05, 3.63) is 77.1 Å². The predicted octanol–water partition coefficient (Wildman–Crippen LogP) is 3.05. The number of aromatic nitrogens is 2. The number of anilines is 1. The van der Waals surface area contributed by atoms with Crippen molar-refractivity contribution in [1.29, 1.82) is 0 Å². The average Bonchev–Trinajstić information content (AvgIpc) is 2.74. The van der Waals surface area contributed by atoms with E-state index in [-0.39, 0.29) is 18.3 Å². The molecular weight excluding hydrogens is 384 g/mol. The highest BCUT2D eigenvalue weighted by Gasteiger charge is 2.11. The van der Waals surface area contributed by atoms with Crippen LogP contribution in [0, 0.1) is 0 Å². The largest absolute Gasteiger partial charge is 0.425 e. The van der Waals surface area contributed by atoms with Crippen LogP contribution in [0.3, 0.4) is 0 Å². The molecule has 2 N–H and O–H groups in total. The molecule has 3 rings (SSSR count). The minimum Gasteiger partial charge on any atom is -0.425 e. The molecule has 30 heavy (non-hydrogen) atoms. The standard InChI is InChI=1S/C22H22N4O4/c1-2-13-23-22(29)24-17-9-6-10-18(14-17)30-21(28)15-26-20(27)12-11-19(25-26)16-7-4-3-5-8-16/h3-12,14H,2,13,15H2,1H3,(H2,23,24,29). The van der Waals surface area contributed by atoms with E-state index in [1.54, 1.807) is 24.3 Å². The van der Waals surface area contributed by atoms with Crippen LogP contribution in [-0.4, -0.2) is 28.3 Å². The van der Waals surface area contributed by atoms with Gasteiger partial charge in [-0.3, -0.25) is 4.79 Å². The predicted molar refractivity (Wildman–Crippen MR) is 113 cm³/mol. The maximum Gasteiger partial charge on any atom is 0.333 e. The maximum atomic E-state index is 12.3. The minimum absolute atomic E-state index is 0.251. The van der Waals surface area contributed by atoms with Crippen molar-refractivity contribution in [3.63, 3.8) is 0 Å². The van der Waals surface area contributed by atoms with E-state index < -0.39 is 11.5 Å². The first-order valence-electron chi connectivity index (χ1n) is 9.54. The van der Waals surface area contributed by atoms with Gasteiger partial charge in [0.1, 0.15) is 12.3 Å². The Hall–Kier alpha value is -3.94. The van der Waals surface area contributed by atoms with Gasteiger partial charge in [-0.05, 0) is 24.6 Å². The van der Waals surface area contributed by atoms with E-state index in [2.05, 4.69) is 15.7 Å².